The van der Waals surface area contributed by atoms with Crippen LogP contribution in [0.4, 0.5) is 5.69 Å². The zero-order valence-electron chi connectivity index (χ0n) is 40.0. The summed E-state index contributed by atoms with van der Waals surface area (Å²) in [7, 11) is 2.10. The normalized spacial score (nSPS) is 12.1. The predicted octanol–water partition coefficient (Wildman–Crippen LogP) is 17.3. The van der Waals surface area contributed by atoms with Crippen LogP contribution < -0.4 is 4.90 Å². The summed E-state index contributed by atoms with van der Waals surface area (Å²) in [5.74, 6) is 0. The van der Waals surface area contributed by atoms with Crippen LogP contribution in [0.3, 0.4) is 0 Å². The highest BCUT2D eigenvalue weighted by Crippen LogP contribution is 2.45. The van der Waals surface area contributed by atoms with Crippen LogP contribution in [-0.2, 0) is 0 Å². The van der Waals surface area contributed by atoms with E-state index in [1.165, 1.54) is 39.1 Å². The minimum Gasteiger partial charge on any atom is -0.361 e. The van der Waals surface area contributed by atoms with E-state index < -0.39 is 0 Å². The summed E-state index contributed by atoms with van der Waals surface area (Å²) in [6, 6.07) is 90.0. The number of hydrogen-bond donors (Lipinski definition) is 0. The van der Waals surface area contributed by atoms with Crippen molar-refractivity contribution in [2.75, 3.05) is 18.6 Å². The Kier molecular flexibility index (Phi) is 11.9. The van der Waals surface area contributed by atoms with Crippen LogP contribution in [0.1, 0.15) is 0 Å². The highest BCUT2D eigenvalue weighted by atomic mass is 15.3. The van der Waals surface area contributed by atoms with E-state index in [9.17, 15) is 0 Å². The Morgan fingerprint density at radius 1 is 0.278 bits per heavy atom. The van der Waals surface area contributed by atoms with Gasteiger partial charge < -0.3 is 9.80 Å². The van der Waals surface area contributed by atoms with Gasteiger partial charge in [0.1, 0.15) is 0 Å². The molecule has 4 heteroatoms. The lowest BCUT2D eigenvalue weighted by molar-refractivity contribution is 0.496. The minimum atomic E-state index is 0.833. The number of rotatable bonds is 11. The lowest BCUT2D eigenvalue weighted by Crippen LogP contribution is -2.21. The van der Waals surface area contributed by atoms with Crippen molar-refractivity contribution in [2.45, 2.75) is 0 Å². The Bertz CT molecular complexity index is 3700. The van der Waals surface area contributed by atoms with Crippen molar-refractivity contribution in [3.05, 3.63) is 274 Å². The molecular weight excluding hydrogens is 873 g/mol. The smallest absolute Gasteiger partial charge is 0.0938 e. The van der Waals surface area contributed by atoms with E-state index in [1.54, 1.807) is 0 Å². The number of aromatic nitrogens is 2. The number of hydrogen-bond acceptors (Lipinski definition) is 4. The third-order valence-corrected chi connectivity index (χ3v) is 13.8. The van der Waals surface area contributed by atoms with Crippen LogP contribution in [0.25, 0.3) is 112 Å². The van der Waals surface area contributed by atoms with Gasteiger partial charge in [-0.3, -0.25) is 9.97 Å². The summed E-state index contributed by atoms with van der Waals surface area (Å²) in [5.41, 5.74) is 23.7. The fourth-order valence-corrected chi connectivity index (χ4v) is 10.1. The fourth-order valence-electron chi connectivity index (χ4n) is 10.1. The molecule has 0 bridgehead atoms. The molecule has 0 aliphatic carbocycles. The average molecular weight is 923 g/mol. The van der Waals surface area contributed by atoms with Gasteiger partial charge in [0, 0.05) is 48.7 Å². The maximum Gasteiger partial charge on any atom is 0.0938 e. The van der Waals surface area contributed by atoms with Gasteiger partial charge >= 0.3 is 0 Å². The van der Waals surface area contributed by atoms with Crippen molar-refractivity contribution in [3.8, 4) is 112 Å². The van der Waals surface area contributed by atoms with E-state index in [-0.39, 0.29) is 0 Å². The molecule has 342 valence electrons. The topological polar surface area (TPSA) is 32.3 Å². The fraction of sp³-hybridized carbons (Fsp3) is 0.0294. The lowest BCUT2D eigenvalue weighted by Gasteiger charge is -2.20. The van der Waals surface area contributed by atoms with Gasteiger partial charge in [-0.15, -0.1) is 0 Å². The molecule has 0 amide bonds. The van der Waals surface area contributed by atoms with Crippen LogP contribution in [0.2, 0.25) is 0 Å². The van der Waals surface area contributed by atoms with Crippen molar-refractivity contribution in [1.82, 2.24) is 14.9 Å². The summed E-state index contributed by atoms with van der Waals surface area (Å²) >= 11 is 0. The monoisotopic (exact) mass is 922 g/mol. The van der Waals surface area contributed by atoms with E-state index in [1.807, 2.05) is 30.6 Å². The molecule has 0 atom stereocenters. The summed E-state index contributed by atoms with van der Waals surface area (Å²) < 4.78 is 0. The molecule has 12 rings (SSSR count). The van der Waals surface area contributed by atoms with E-state index in [0.29, 0.717) is 0 Å². The molecule has 11 aromatic rings. The second-order valence-corrected chi connectivity index (χ2v) is 18.4. The zero-order chi connectivity index (χ0) is 48.2. The Hall–Kier alpha value is -9.38. The summed E-state index contributed by atoms with van der Waals surface area (Å²) in [6.07, 6.45) is 7.97. The van der Waals surface area contributed by atoms with Crippen molar-refractivity contribution in [3.63, 3.8) is 0 Å². The van der Waals surface area contributed by atoms with Gasteiger partial charge in [0.2, 0.25) is 0 Å². The Morgan fingerprint density at radius 3 is 1.18 bits per heavy atom. The largest absolute Gasteiger partial charge is 0.361 e. The van der Waals surface area contributed by atoms with E-state index in [0.717, 1.165) is 84.8 Å². The van der Waals surface area contributed by atoms with E-state index in [4.69, 9.17) is 4.98 Å². The molecule has 0 N–H and O–H groups in total. The second-order valence-electron chi connectivity index (χ2n) is 18.4. The van der Waals surface area contributed by atoms with Crippen molar-refractivity contribution >= 4 is 5.69 Å². The van der Waals surface area contributed by atoms with E-state index >= 15 is 0 Å². The molecule has 1 aliphatic rings. The first-order valence-electron chi connectivity index (χ1n) is 24.5. The Morgan fingerprint density at radius 2 is 0.667 bits per heavy atom. The SMILES string of the molecule is CN1C=CN(c2ccc(-c3ccccc3-c3cc(-c4ccccc4-c4ccc(-c5ccccn5)cc4)cc(-c4ccccc4-c4ccc(-c5ccccn5)cc4-c4ccc(-c5ccccc5)cc4)c3)cc2)C1. The van der Waals surface area contributed by atoms with E-state index in [2.05, 4.69) is 265 Å². The van der Waals surface area contributed by atoms with Gasteiger partial charge in [0.15, 0.2) is 0 Å². The van der Waals surface area contributed by atoms with Gasteiger partial charge in [0.25, 0.3) is 0 Å². The van der Waals surface area contributed by atoms with Crippen LogP contribution in [-0.4, -0.2) is 28.6 Å². The van der Waals surface area contributed by atoms with Crippen molar-refractivity contribution < 1.29 is 0 Å². The first-order chi connectivity index (χ1) is 35.6. The van der Waals surface area contributed by atoms with Gasteiger partial charge in [-0.05, 0) is 150 Å². The second kappa shape index (κ2) is 19.6. The molecule has 9 aromatic carbocycles. The Labute approximate surface area is 422 Å². The van der Waals surface area contributed by atoms with Gasteiger partial charge in [0.05, 0.1) is 18.1 Å². The van der Waals surface area contributed by atoms with Gasteiger partial charge in [-0.1, -0.05) is 188 Å². The molecule has 0 fully saturated rings. The predicted molar refractivity (Wildman–Crippen MR) is 301 cm³/mol. The molecule has 4 nitrogen and oxygen atoms in total. The summed E-state index contributed by atoms with van der Waals surface area (Å²) in [5, 5.41) is 0. The number of pyridine rings is 2. The maximum atomic E-state index is 4.77. The van der Waals surface area contributed by atoms with Crippen molar-refractivity contribution in [1.29, 1.82) is 0 Å². The quantitative estimate of drug-likeness (QED) is 0.129. The summed E-state index contributed by atoms with van der Waals surface area (Å²) in [4.78, 5) is 13.8. The van der Waals surface area contributed by atoms with Crippen molar-refractivity contribution in [2.24, 2.45) is 0 Å². The molecule has 0 radical (unpaired) electrons. The number of anilines is 1. The first-order valence-corrected chi connectivity index (χ1v) is 24.5. The molecule has 0 unspecified atom stereocenters. The molecule has 0 saturated carbocycles. The standard InChI is InChI=1S/C68H50N4/c1-71-41-42-72(47-71)58-36-33-51(34-37-58)60-18-6-8-20-62(60)56-43-55(61-19-7-5-17-59(61)50-29-31-53(32-30-50)67-23-11-13-39-69-67)44-57(45-56)63-21-9-10-22-64(63)65-38-35-54(68-24-12-14-40-70-68)46-66(65)52-27-25-49(26-28-52)48-15-3-2-4-16-48/h2-46H,47H2,1H3. The summed E-state index contributed by atoms with van der Waals surface area (Å²) in [6.45, 7) is 0.833. The third kappa shape index (κ3) is 8.90. The van der Waals surface area contributed by atoms with Crippen LogP contribution in [0.5, 0.6) is 0 Å². The highest BCUT2D eigenvalue weighted by molar-refractivity contribution is 5.97. The molecule has 2 aromatic heterocycles. The molecular formula is C68H50N4. The van der Waals surface area contributed by atoms with Crippen LogP contribution in [0, 0.1) is 0 Å². The third-order valence-electron chi connectivity index (χ3n) is 13.8. The van der Waals surface area contributed by atoms with Gasteiger partial charge in [-0.25, -0.2) is 0 Å². The number of benzene rings is 9. The van der Waals surface area contributed by atoms with Crippen LogP contribution >= 0.6 is 0 Å². The first kappa shape index (κ1) is 43.9. The average Bonchev–Trinajstić information content (AvgIpc) is 3.91. The van der Waals surface area contributed by atoms with Crippen LogP contribution in [0.15, 0.2) is 274 Å². The molecule has 0 spiro atoms. The maximum absolute atomic E-state index is 4.77. The molecule has 72 heavy (non-hydrogen) atoms. The van der Waals surface area contributed by atoms with Gasteiger partial charge in [-0.2, -0.15) is 0 Å². The number of nitrogens with zero attached hydrogens (tertiary/aromatic N) is 4. The Balaban J connectivity index is 1.03. The lowest BCUT2D eigenvalue weighted by atomic mass is 9.84. The highest BCUT2D eigenvalue weighted by Gasteiger charge is 2.19. The molecule has 1 aliphatic heterocycles. The zero-order valence-corrected chi connectivity index (χ0v) is 40.0. The minimum absolute atomic E-state index is 0.833. The molecule has 3 heterocycles. The molecule has 0 saturated heterocycles.